The fourth-order valence-electron chi connectivity index (χ4n) is 3.54. The van der Waals surface area contributed by atoms with E-state index in [1.54, 1.807) is 40.0 Å². The van der Waals surface area contributed by atoms with Gasteiger partial charge in [0.25, 0.3) is 0 Å². The van der Waals surface area contributed by atoms with E-state index in [4.69, 9.17) is 5.73 Å². The van der Waals surface area contributed by atoms with Crippen molar-refractivity contribution < 1.29 is 9.18 Å². The first-order valence-corrected chi connectivity index (χ1v) is 8.78. The number of aliphatic imine (C=N–C) groups is 1. The zero-order valence-electron chi connectivity index (χ0n) is 15.6. The van der Waals surface area contributed by atoms with E-state index in [-0.39, 0.29) is 17.7 Å². The van der Waals surface area contributed by atoms with Crippen LogP contribution in [0.25, 0.3) is 0 Å². The Labute approximate surface area is 148 Å². The van der Waals surface area contributed by atoms with Gasteiger partial charge in [-0.25, -0.2) is 9.38 Å². The third-order valence-electron chi connectivity index (χ3n) is 5.95. The lowest BCUT2D eigenvalue weighted by atomic mass is 9.67. The van der Waals surface area contributed by atoms with Gasteiger partial charge in [0.1, 0.15) is 11.4 Å². The standard InChI is InChI=1S/C19H27FN4O/c1-11(12-6-7-12)22-13-8-9-15(20)14(10-13)19(4)18(2,3)16(25)24(5)17(21)23-19/h8-12,22H,6-7H2,1-5H3,(H2,21,23)/t11?,19-/m1/s1. The maximum atomic E-state index is 14.7. The first-order valence-electron chi connectivity index (χ1n) is 8.78. The molecular formula is C19H27FN4O. The molecule has 25 heavy (non-hydrogen) atoms. The first kappa shape index (κ1) is 17.7. The Morgan fingerprint density at radius 2 is 2.00 bits per heavy atom. The summed E-state index contributed by atoms with van der Waals surface area (Å²) in [6.07, 6.45) is 2.46. The van der Waals surface area contributed by atoms with Crippen molar-refractivity contribution in [2.75, 3.05) is 12.4 Å². The zero-order chi connectivity index (χ0) is 18.6. The molecule has 1 heterocycles. The third-order valence-corrected chi connectivity index (χ3v) is 5.95. The number of carbonyl (C=O) groups excluding carboxylic acids is 1. The lowest BCUT2D eigenvalue weighted by Gasteiger charge is -2.46. The minimum absolute atomic E-state index is 0.107. The van der Waals surface area contributed by atoms with E-state index in [9.17, 15) is 9.18 Å². The molecule has 2 atom stereocenters. The molecule has 1 aliphatic heterocycles. The number of amides is 1. The van der Waals surface area contributed by atoms with Crippen LogP contribution in [0.1, 0.15) is 46.1 Å². The number of nitrogens with one attached hydrogen (secondary N) is 1. The Morgan fingerprint density at radius 1 is 1.36 bits per heavy atom. The Balaban J connectivity index is 2.05. The van der Waals surface area contributed by atoms with Gasteiger partial charge in [-0.3, -0.25) is 9.69 Å². The van der Waals surface area contributed by atoms with Gasteiger partial charge >= 0.3 is 0 Å². The fraction of sp³-hybridized carbons (Fsp3) is 0.579. The number of guanidine groups is 1. The summed E-state index contributed by atoms with van der Waals surface area (Å²) in [4.78, 5) is 18.6. The molecule has 0 spiro atoms. The quantitative estimate of drug-likeness (QED) is 0.880. The number of hydrogen-bond acceptors (Lipinski definition) is 4. The summed E-state index contributed by atoms with van der Waals surface area (Å²) >= 11 is 0. The summed E-state index contributed by atoms with van der Waals surface area (Å²) in [5, 5.41) is 3.44. The minimum atomic E-state index is -1.08. The Morgan fingerprint density at radius 3 is 2.60 bits per heavy atom. The van der Waals surface area contributed by atoms with E-state index < -0.39 is 11.0 Å². The average Bonchev–Trinajstić information content (AvgIpc) is 3.38. The van der Waals surface area contributed by atoms with E-state index in [1.165, 1.54) is 23.8 Å². The molecule has 0 bridgehead atoms. The molecule has 1 unspecified atom stereocenters. The summed E-state index contributed by atoms with van der Waals surface area (Å²) in [6, 6.07) is 5.28. The second-order valence-electron chi connectivity index (χ2n) is 8.00. The number of hydrogen-bond donors (Lipinski definition) is 2. The summed E-state index contributed by atoms with van der Waals surface area (Å²) in [5.74, 6) is 0.232. The van der Waals surface area contributed by atoms with Crippen LogP contribution in [0.5, 0.6) is 0 Å². The molecule has 136 valence electrons. The topological polar surface area (TPSA) is 70.7 Å². The minimum Gasteiger partial charge on any atom is -0.382 e. The number of halogens is 1. The van der Waals surface area contributed by atoms with Crippen molar-refractivity contribution in [1.29, 1.82) is 0 Å². The van der Waals surface area contributed by atoms with E-state index >= 15 is 0 Å². The number of nitrogens with two attached hydrogens (primary N) is 1. The number of carbonyl (C=O) groups is 1. The van der Waals surface area contributed by atoms with E-state index in [2.05, 4.69) is 17.2 Å². The van der Waals surface area contributed by atoms with Crippen molar-refractivity contribution in [3.63, 3.8) is 0 Å². The molecular weight excluding hydrogens is 319 g/mol. The van der Waals surface area contributed by atoms with Gasteiger partial charge in [0.2, 0.25) is 5.91 Å². The zero-order valence-corrected chi connectivity index (χ0v) is 15.6. The van der Waals surface area contributed by atoms with Crippen LogP contribution in [0, 0.1) is 17.2 Å². The first-order chi connectivity index (χ1) is 11.6. The van der Waals surface area contributed by atoms with Gasteiger partial charge in [-0.15, -0.1) is 0 Å². The van der Waals surface area contributed by atoms with Gasteiger partial charge in [0, 0.05) is 24.3 Å². The van der Waals surface area contributed by atoms with Crippen molar-refractivity contribution in [3.05, 3.63) is 29.6 Å². The number of benzene rings is 1. The van der Waals surface area contributed by atoms with Crippen LogP contribution in [-0.4, -0.2) is 29.9 Å². The van der Waals surface area contributed by atoms with Crippen molar-refractivity contribution in [3.8, 4) is 0 Å². The lowest BCUT2D eigenvalue weighted by molar-refractivity contribution is -0.140. The molecule has 1 fully saturated rings. The molecule has 3 rings (SSSR count). The molecule has 1 amide bonds. The van der Waals surface area contributed by atoms with Crippen molar-refractivity contribution in [2.24, 2.45) is 22.1 Å². The maximum absolute atomic E-state index is 14.7. The summed E-state index contributed by atoms with van der Waals surface area (Å²) in [5.41, 5.74) is 5.16. The van der Waals surface area contributed by atoms with E-state index in [0.717, 1.165) is 5.69 Å². The van der Waals surface area contributed by atoms with Crippen molar-refractivity contribution >= 4 is 17.6 Å². The van der Waals surface area contributed by atoms with Crippen LogP contribution < -0.4 is 11.1 Å². The van der Waals surface area contributed by atoms with Crippen LogP contribution in [0.15, 0.2) is 23.2 Å². The van der Waals surface area contributed by atoms with Crippen molar-refractivity contribution in [1.82, 2.24) is 4.90 Å². The summed E-state index contributed by atoms with van der Waals surface area (Å²) in [7, 11) is 1.59. The van der Waals surface area contributed by atoms with Gasteiger partial charge in [0.15, 0.2) is 5.96 Å². The normalized spacial score (nSPS) is 27.0. The van der Waals surface area contributed by atoms with Gasteiger partial charge in [-0.1, -0.05) is 0 Å². The van der Waals surface area contributed by atoms with Crippen LogP contribution in [-0.2, 0) is 10.3 Å². The van der Waals surface area contributed by atoms with Crippen molar-refractivity contribution in [2.45, 2.75) is 52.1 Å². The SMILES string of the molecule is CC(Nc1ccc(F)c([C@@]2(C)N=C(N)N(C)C(=O)C2(C)C)c1)C1CC1. The highest BCUT2D eigenvalue weighted by Crippen LogP contribution is 2.47. The molecule has 1 aromatic rings. The molecule has 2 aliphatic rings. The van der Waals surface area contributed by atoms with Crippen LogP contribution in [0.3, 0.4) is 0 Å². The molecule has 5 nitrogen and oxygen atoms in total. The van der Waals surface area contributed by atoms with E-state index in [1.807, 2.05) is 0 Å². The highest BCUT2D eigenvalue weighted by Gasteiger charge is 2.53. The van der Waals surface area contributed by atoms with Gasteiger partial charge in [-0.2, -0.15) is 0 Å². The predicted molar refractivity (Wildman–Crippen MR) is 97.7 cm³/mol. The predicted octanol–water partition coefficient (Wildman–Crippen LogP) is 3.06. The maximum Gasteiger partial charge on any atom is 0.237 e. The Bertz CT molecular complexity index is 741. The van der Waals surface area contributed by atoms with Gasteiger partial charge in [-0.05, 0) is 64.7 Å². The molecule has 0 radical (unpaired) electrons. The summed E-state index contributed by atoms with van der Waals surface area (Å²) < 4.78 is 14.7. The number of nitrogens with zero attached hydrogens (tertiary/aromatic N) is 2. The highest BCUT2D eigenvalue weighted by atomic mass is 19.1. The largest absolute Gasteiger partial charge is 0.382 e. The second-order valence-corrected chi connectivity index (χ2v) is 8.00. The molecule has 0 saturated heterocycles. The van der Waals surface area contributed by atoms with Crippen LogP contribution in [0.4, 0.5) is 10.1 Å². The molecule has 1 aliphatic carbocycles. The molecule has 3 N–H and O–H groups in total. The smallest absolute Gasteiger partial charge is 0.237 e. The Hall–Kier alpha value is -2.11. The Kier molecular flexibility index (Phi) is 4.05. The molecule has 1 saturated carbocycles. The molecule has 6 heteroatoms. The third kappa shape index (κ3) is 2.77. The lowest BCUT2D eigenvalue weighted by Crippen LogP contribution is -2.58. The van der Waals surface area contributed by atoms with Gasteiger partial charge in [0.05, 0.1) is 5.41 Å². The highest BCUT2D eigenvalue weighted by molar-refractivity contribution is 6.01. The fourth-order valence-corrected chi connectivity index (χ4v) is 3.54. The number of anilines is 1. The number of rotatable bonds is 4. The van der Waals surface area contributed by atoms with Gasteiger partial charge < -0.3 is 11.1 Å². The van der Waals surface area contributed by atoms with Crippen LogP contribution in [0.2, 0.25) is 0 Å². The van der Waals surface area contributed by atoms with E-state index in [0.29, 0.717) is 17.5 Å². The van der Waals surface area contributed by atoms with Crippen LogP contribution >= 0.6 is 0 Å². The summed E-state index contributed by atoms with van der Waals surface area (Å²) in [6.45, 7) is 7.49. The monoisotopic (exact) mass is 346 g/mol. The average molecular weight is 346 g/mol. The second kappa shape index (κ2) is 5.71. The molecule has 1 aromatic carbocycles. The molecule has 0 aromatic heterocycles.